The van der Waals surface area contributed by atoms with Crippen LogP contribution in [0.3, 0.4) is 0 Å². The minimum absolute atomic E-state index is 0.233. The first-order valence-electron chi connectivity index (χ1n) is 9.05. The molecule has 0 atom stereocenters. The van der Waals surface area contributed by atoms with Crippen LogP contribution in [0.1, 0.15) is 37.3 Å². The largest absolute Gasteiger partial charge is 0.371 e. The summed E-state index contributed by atoms with van der Waals surface area (Å²) in [5, 5.41) is 11.6. The van der Waals surface area contributed by atoms with E-state index in [1.165, 1.54) is 6.20 Å². The van der Waals surface area contributed by atoms with Gasteiger partial charge in [-0.05, 0) is 33.9 Å². The molecule has 2 aromatic heterocycles. The Morgan fingerprint density at radius 3 is 2.62 bits per heavy atom. The zero-order valence-electron chi connectivity index (χ0n) is 15.9. The van der Waals surface area contributed by atoms with Crippen LogP contribution in [-0.2, 0) is 13.1 Å². The molecule has 8 nitrogen and oxygen atoms in total. The number of aromatic nitrogens is 5. The predicted octanol–water partition coefficient (Wildman–Crippen LogP) is 1.71. The summed E-state index contributed by atoms with van der Waals surface area (Å²) >= 11 is 0. The van der Waals surface area contributed by atoms with Crippen molar-refractivity contribution in [3.63, 3.8) is 0 Å². The maximum absolute atomic E-state index is 13.6. The van der Waals surface area contributed by atoms with Crippen LogP contribution in [-0.4, -0.2) is 63.9 Å². The van der Waals surface area contributed by atoms with Gasteiger partial charge in [-0.3, -0.25) is 0 Å². The Morgan fingerprint density at radius 1 is 1.27 bits per heavy atom. The second-order valence-corrected chi connectivity index (χ2v) is 6.83. The second-order valence-electron chi connectivity index (χ2n) is 6.83. The van der Waals surface area contributed by atoms with Crippen LogP contribution in [0, 0.1) is 5.82 Å². The van der Waals surface area contributed by atoms with Gasteiger partial charge in [0.2, 0.25) is 5.95 Å². The Morgan fingerprint density at radius 2 is 2.00 bits per heavy atom. The molecule has 0 bridgehead atoms. The van der Waals surface area contributed by atoms with Gasteiger partial charge in [-0.15, -0.1) is 10.2 Å². The molecule has 9 heteroatoms. The van der Waals surface area contributed by atoms with E-state index in [0.717, 1.165) is 50.7 Å². The van der Waals surface area contributed by atoms with Gasteiger partial charge in [-0.25, -0.2) is 9.37 Å². The number of nitrogens with one attached hydrogen (secondary N) is 1. The summed E-state index contributed by atoms with van der Waals surface area (Å²) in [5.41, 5.74) is 0. The molecule has 1 saturated heterocycles. The fourth-order valence-corrected chi connectivity index (χ4v) is 3.42. The van der Waals surface area contributed by atoms with Gasteiger partial charge in [-0.1, -0.05) is 0 Å². The maximum atomic E-state index is 13.6. The van der Waals surface area contributed by atoms with Crippen molar-refractivity contribution in [1.29, 1.82) is 0 Å². The minimum atomic E-state index is -0.435. The van der Waals surface area contributed by atoms with Crippen molar-refractivity contribution in [2.45, 2.75) is 38.8 Å². The SMILES string of the molecule is CCn1c(CN(C)C)nnc1C1CCN(c2ncc(F)c(NC)n2)CC1. The third-order valence-electron chi connectivity index (χ3n) is 4.74. The van der Waals surface area contributed by atoms with Gasteiger partial charge in [0.1, 0.15) is 11.6 Å². The molecule has 0 radical (unpaired) electrons. The van der Waals surface area contributed by atoms with Crippen LogP contribution < -0.4 is 10.2 Å². The Balaban J connectivity index is 1.70. The summed E-state index contributed by atoms with van der Waals surface area (Å²) in [5.74, 6) is 2.82. The number of hydrogen-bond acceptors (Lipinski definition) is 7. The van der Waals surface area contributed by atoms with Crippen LogP contribution >= 0.6 is 0 Å². The van der Waals surface area contributed by atoms with E-state index in [0.29, 0.717) is 11.9 Å². The molecule has 2 aromatic rings. The molecule has 3 rings (SSSR count). The molecular weight excluding hydrogens is 335 g/mol. The highest BCUT2D eigenvalue weighted by Gasteiger charge is 2.27. The molecule has 1 aliphatic rings. The van der Waals surface area contributed by atoms with Crippen molar-refractivity contribution >= 4 is 11.8 Å². The molecule has 26 heavy (non-hydrogen) atoms. The fourth-order valence-electron chi connectivity index (χ4n) is 3.42. The molecule has 0 amide bonds. The van der Waals surface area contributed by atoms with Gasteiger partial charge in [0, 0.05) is 32.6 Å². The molecule has 0 saturated carbocycles. The first kappa shape index (κ1) is 18.5. The van der Waals surface area contributed by atoms with E-state index in [4.69, 9.17) is 0 Å². The van der Waals surface area contributed by atoms with Crippen molar-refractivity contribution in [2.24, 2.45) is 0 Å². The number of anilines is 2. The van der Waals surface area contributed by atoms with Crippen molar-refractivity contribution in [1.82, 2.24) is 29.6 Å². The topological polar surface area (TPSA) is 75.0 Å². The quantitative estimate of drug-likeness (QED) is 0.838. The normalized spacial score (nSPS) is 15.7. The van der Waals surface area contributed by atoms with Gasteiger partial charge in [-0.2, -0.15) is 4.98 Å². The van der Waals surface area contributed by atoms with Gasteiger partial charge in [0.25, 0.3) is 0 Å². The third kappa shape index (κ3) is 3.77. The second kappa shape index (κ2) is 7.94. The maximum Gasteiger partial charge on any atom is 0.227 e. The van der Waals surface area contributed by atoms with Crippen LogP contribution in [0.5, 0.6) is 0 Å². The lowest BCUT2D eigenvalue weighted by Crippen LogP contribution is -2.35. The van der Waals surface area contributed by atoms with Gasteiger partial charge in [0.15, 0.2) is 11.6 Å². The highest BCUT2D eigenvalue weighted by Crippen LogP contribution is 2.29. The van der Waals surface area contributed by atoms with Crippen molar-refractivity contribution in [2.75, 3.05) is 44.4 Å². The number of rotatable bonds is 6. The van der Waals surface area contributed by atoms with Crippen LogP contribution in [0.25, 0.3) is 0 Å². The molecule has 1 N–H and O–H groups in total. The lowest BCUT2D eigenvalue weighted by Gasteiger charge is -2.31. The van der Waals surface area contributed by atoms with E-state index in [2.05, 4.69) is 46.8 Å². The molecule has 0 unspecified atom stereocenters. The summed E-state index contributed by atoms with van der Waals surface area (Å²) in [6, 6.07) is 0. The monoisotopic (exact) mass is 362 g/mol. The zero-order chi connectivity index (χ0) is 18.7. The highest BCUT2D eigenvalue weighted by atomic mass is 19.1. The van der Waals surface area contributed by atoms with Gasteiger partial charge < -0.3 is 19.7 Å². The highest BCUT2D eigenvalue weighted by molar-refractivity contribution is 5.42. The zero-order valence-corrected chi connectivity index (χ0v) is 15.9. The molecule has 3 heterocycles. The molecule has 0 aromatic carbocycles. The molecular formula is C17H27FN8. The Labute approximate surface area is 153 Å². The van der Waals surface area contributed by atoms with E-state index in [1.54, 1.807) is 7.05 Å². The van der Waals surface area contributed by atoms with E-state index in [9.17, 15) is 4.39 Å². The average molecular weight is 362 g/mol. The van der Waals surface area contributed by atoms with Crippen molar-refractivity contribution in [3.8, 4) is 0 Å². The smallest absolute Gasteiger partial charge is 0.227 e. The summed E-state index contributed by atoms with van der Waals surface area (Å²) in [6.45, 7) is 5.43. The Bertz CT molecular complexity index is 736. The van der Waals surface area contributed by atoms with E-state index < -0.39 is 5.82 Å². The van der Waals surface area contributed by atoms with Crippen molar-refractivity contribution in [3.05, 3.63) is 23.7 Å². The van der Waals surface area contributed by atoms with Gasteiger partial charge >= 0.3 is 0 Å². The van der Waals surface area contributed by atoms with E-state index in [1.807, 2.05) is 14.1 Å². The standard InChI is InChI=1S/C17H27FN8/c1-5-26-14(11-24(3)4)22-23-16(26)12-6-8-25(9-7-12)17-20-10-13(18)15(19-2)21-17/h10,12H,5-9,11H2,1-4H3,(H,19,20,21). The molecule has 1 aliphatic heterocycles. The van der Waals surface area contributed by atoms with Crippen LogP contribution in [0.15, 0.2) is 6.20 Å². The molecule has 0 aliphatic carbocycles. The number of piperidine rings is 1. The fraction of sp³-hybridized carbons (Fsp3) is 0.647. The lowest BCUT2D eigenvalue weighted by atomic mass is 9.96. The van der Waals surface area contributed by atoms with Gasteiger partial charge in [0.05, 0.1) is 12.7 Å². The van der Waals surface area contributed by atoms with E-state index in [-0.39, 0.29) is 5.82 Å². The Hall–Kier alpha value is -2.29. The predicted molar refractivity (Wildman–Crippen MR) is 98.8 cm³/mol. The number of nitrogens with zero attached hydrogens (tertiary/aromatic N) is 7. The average Bonchev–Trinajstić information content (AvgIpc) is 3.04. The first-order valence-corrected chi connectivity index (χ1v) is 9.05. The summed E-state index contributed by atoms with van der Waals surface area (Å²) in [4.78, 5) is 12.6. The number of hydrogen-bond donors (Lipinski definition) is 1. The Kier molecular flexibility index (Phi) is 5.65. The van der Waals surface area contributed by atoms with Crippen molar-refractivity contribution < 1.29 is 4.39 Å². The first-order chi connectivity index (χ1) is 12.5. The van der Waals surface area contributed by atoms with Crippen LogP contribution in [0.2, 0.25) is 0 Å². The lowest BCUT2D eigenvalue weighted by molar-refractivity contribution is 0.377. The number of halogens is 1. The third-order valence-corrected chi connectivity index (χ3v) is 4.74. The molecule has 1 fully saturated rings. The minimum Gasteiger partial charge on any atom is -0.371 e. The molecule has 0 spiro atoms. The van der Waals surface area contributed by atoms with E-state index >= 15 is 0 Å². The summed E-state index contributed by atoms with van der Waals surface area (Å²) in [7, 11) is 5.73. The molecule has 142 valence electrons. The summed E-state index contributed by atoms with van der Waals surface area (Å²) in [6.07, 6.45) is 3.13. The summed E-state index contributed by atoms with van der Waals surface area (Å²) < 4.78 is 15.8. The van der Waals surface area contributed by atoms with Crippen LogP contribution in [0.4, 0.5) is 16.2 Å².